The highest BCUT2D eigenvalue weighted by Gasteiger charge is 2.33. The topological polar surface area (TPSA) is 116 Å². The number of imidazole rings is 1. The van der Waals surface area contributed by atoms with Gasteiger partial charge in [-0.25, -0.2) is 9.97 Å². The Morgan fingerprint density at radius 1 is 0.951 bits per heavy atom. The van der Waals surface area contributed by atoms with Crippen molar-refractivity contribution in [1.82, 2.24) is 29.7 Å². The molecule has 0 spiro atoms. The number of fused-ring (bicyclic) bond motifs is 2. The van der Waals surface area contributed by atoms with Gasteiger partial charge in [0.15, 0.2) is 18.3 Å². The molecule has 3 aliphatic heterocycles. The van der Waals surface area contributed by atoms with Gasteiger partial charge in [0.1, 0.15) is 23.9 Å². The minimum atomic E-state index is -0.409. The van der Waals surface area contributed by atoms with Crippen molar-refractivity contribution >= 4 is 11.7 Å². The molecule has 4 aromatic rings. The fraction of sp³-hybridized carbons (Fsp3) is 0.310. The zero-order valence-electron chi connectivity index (χ0n) is 22.3. The van der Waals surface area contributed by atoms with Crippen molar-refractivity contribution in [2.45, 2.75) is 25.7 Å². The number of hydrogen-bond donors (Lipinski definition) is 1. The second-order valence-electron chi connectivity index (χ2n) is 10.1. The predicted octanol–water partition coefficient (Wildman–Crippen LogP) is 2.26. The number of piperazine rings is 1. The van der Waals surface area contributed by atoms with Crippen LogP contribution in [0.5, 0.6) is 17.2 Å². The second-order valence-corrected chi connectivity index (χ2v) is 10.1. The van der Waals surface area contributed by atoms with E-state index in [9.17, 15) is 4.79 Å². The van der Waals surface area contributed by atoms with Gasteiger partial charge < -0.3 is 29.2 Å². The zero-order chi connectivity index (χ0) is 27.6. The van der Waals surface area contributed by atoms with E-state index in [1.165, 1.54) is 0 Å². The summed E-state index contributed by atoms with van der Waals surface area (Å²) in [6.45, 7) is 3.86. The Morgan fingerprint density at radius 2 is 1.83 bits per heavy atom. The van der Waals surface area contributed by atoms with Crippen LogP contribution in [0.3, 0.4) is 0 Å². The minimum Gasteiger partial charge on any atom is -0.467 e. The molecule has 1 fully saturated rings. The number of amides is 1. The number of ether oxygens (including phenoxy) is 4. The van der Waals surface area contributed by atoms with Crippen molar-refractivity contribution in [2.24, 2.45) is 0 Å². The molecule has 1 N–H and O–H groups in total. The Labute approximate surface area is 236 Å². The Kier molecular flexibility index (Phi) is 6.83. The molecule has 210 valence electrons. The Balaban J connectivity index is 1.11. The van der Waals surface area contributed by atoms with Gasteiger partial charge in [0, 0.05) is 56.9 Å². The van der Waals surface area contributed by atoms with Gasteiger partial charge in [0.05, 0.1) is 6.61 Å². The number of anilines is 1. The van der Waals surface area contributed by atoms with Crippen LogP contribution in [0.25, 0.3) is 5.95 Å². The highest BCUT2D eigenvalue weighted by Crippen LogP contribution is 2.32. The number of rotatable bonds is 7. The Bertz CT molecular complexity index is 1550. The first kappa shape index (κ1) is 25.3. The van der Waals surface area contributed by atoms with Crippen molar-refractivity contribution in [3.63, 3.8) is 0 Å². The molecule has 7 rings (SSSR count). The molecule has 2 aromatic carbocycles. The molecule has 0 saturated carbocycles. The molecule has 12 nitrogen and oxygen atoms in total. The molecule has 1 amide bonds. The highest BCUT2D eigenvalue weighted by atomic mass is 16.7. The van der Waals surface area contributed by atoms with Crippen LogP contribution in [-0.4, -0.2) is 69.6 Å². The normalized spacial score (nSPS) is 18.0. The number of carbonyl (C=O) groups is 1. The molecule has 5 heterocycles. The summed E-state index contributed by atoms with van der Waals surface area (Å²) in [5.41, 5.74) is 3.06. The molecule has 41 heavy (non-hydrogen) atoms. The Morgan fingerprint density at radius 3 is 2.76 bits per heavy atom. The van der Waals surface area contributed by atoms with Crippen LogP contribution in [0.4, 0.5) is 5.82 Å². The van der Waals surface area contributed by atoms with Crippen molar-refractivity contribution < 1.29 is 23.7 Å². The van der Waals surface area contributed by atoms with Crippen LogP contribution in [-0.2, 0) is 29.2 Å². The van der Waals surface area contributed by atoms with Crippen molar-refractivity contribution in [3.05, 3.63) is 84.1 Å². The molecule has 1 unspecified atom stereocenters. The summed E-state index contributed by atoms with van der Waals surface area (Å²) in [6, 6.07) is 13.3. The lowest BCUT2D eigenvalue weighted by molar-refractivity contribution is -0.127. The lowest BCUT2D eigenvalue weighted by Crippen LogP contribution is -2.58. The minimum absolute atomic E-state index is 0.0547. The zero-order valence-corrected chi connectivity index (χ0v) is 22.3. The smallest absolute Gasteiger partial charge is 0.239 e. The average molecular weight is 556 g/mol. The lowest BCUT2D eigenvalue weighted by atomic mass is 10.1. The first-order chi connectivity index (χ1) is 20.2. The molecular weight excluding hydrogens is 526 g/mol. The largest absolute Gasteiger partial charge is 0.467 e. The standard InChI is InChI=1S/C29H29N7O5/c37-28(32-13-20-1-4-25-26(12-20)41-19-40-25)23-15-35(27-5-6-31-29(33-27)36-8-7-30-17-36)10-9-34(23)14-21-2-3-24-22(11-21)16-38-18-39-24/h1-8,11-12,17,23H,9-10,13-16,18-19H2,(H,32,37). The van der Waals surface area contributed by atoms with Crippen LogP contribution < -0.4 is 24.4 Å². The van der Waals surface area contributed by atoms with E-state index in [0.717, 1.165) is 34.0 Å². The molecule has 0 aliphatic carbocycles. The van der Waals surface area contributed by atoms with E-state index in [4.69, 9.17) is 23.9 Å². The van der Waals surface area contributed by atoms with Crippen LogP contribution in [0.1, 0.15) is 16.7 Å². The van der Waals surface area contributed by atoms with Crippen LogP contribution >= 0.6 is 0 Å². The monoisotopic (exact) mass is 555 g/mol. The molecular formula is C29H29N7O5. The molecule has 1 saturated heterocycles. The maximum atomic E-state index is 13.7. The maximum absolute atomic E-state index is 13.7. The third-order valence-electron chi connectivity index (χ3n) is 7.45. The molecule has 12 heteroatoms. The number of nitrogens with one attached hydrogen (secondary N) is 1. The summed E-state index contributed by atoms with van der Waals surface area (Å²) in [4.78, 5) is 31.3. The van der Waals surface area contributed by atoms with Gasteiger partial charge in [-0.1, -0.05) is 12.1 Å². The molecule has 1 atom stereocenters. The van der Waals surface area contributed by atoms with Gasteiger partial charge in [0.25, 0.3) is 0 Å². The van der Waals surface area contributed by atoms with E-state index in [-0.39, 0.29) is 19.5 Å². The summed E-state index contributed by atoms with van der Waals surface area (Å²) >= 11 is 0. The molecule has 3 aliphatic rings. The van der Waals surface area contributed by atoms with Gasteiger partial charge in [-0.15, -0.1) is 0 Å². The van der Waals surface area contributed by atoms with Gasteiger partial charge in [-0.2, -0.15) is 4.98 Å². The highest BCUT2D eigenvalue weighted by molar-refractivity contribution is 5.82. The van der Waals surface area contributed by atoms with E-state index < -0.39 is 6.04 Å². The summed E-state index contributed by atoms with van der Waals surface area (Å²) < 4.78 is 23.7. The molecule has 0 radical (unpaired) electrons. The summed E-state index contributed by atoms with van der Waals surface area (Å²) in [6.07, 6.45) is 6.89. The Hall–Kier alpha value is -4.68. The van der Waals surface area contributed by atoms with Gasteiger partial charge >= 0.3 is 0 Å². The maximum Gasteiger partial charge on any atom is 0.239 e. The quantitative estimate of drug-likeness (QED) is 0.364. The number of carbonyl (C=O) groups excluding carboxylic acids is 1. The summed E-state index contributed by atoms with van der Waals surface area (Å²) in [7, 11) is 0. The first-order valence-corrected chi connectivity index (χ1v) is 13.5. The van der Waals surface area contributed by atoms with Gasteiger partial charge in [-0.3, -0.25) is 14.3 Å². The van der Waals surface area contributed by atoms with Crippen LogP contribution in [0.15, 0.2) is 67.4 Å². The van der Waals surface area contributed by atoms with Crippen molar-refractivity contribution in [1.29, 1.82) is 0 Å². The van der Waals surface area contributed by atoms with Crippen LogP contribution in [0, 0.1) is 0 Å². The SMILES string of the molecule is O=C(NCc1ccc2c(c1)OCO2)C1CN(c2ccnc(-n3ccnc3)n2)CCN1Cc1ccc2c(c1)COCO2. The molecule has 0 bridgehead atoms. The van der Waals surface area contributed by atoms with Crippen molar-refractivity contribution in [2.75, 3.05) is 38.1 Å². The number of nitrogens with zero attached hydrogens (tertiary/aromatic N) is 6. The van der Waals surface area contributed by atoms with Crippen molar-refractivity contribution in [3.8, 4) is 23.2 Å². The van der Waals surface area contributed by atoms with Gasteiger partial charge in [0.2, 0.25) is 18.6 Å². The number of benzene rings is 2. The average Bonchev–Trinajstić information content (AvgIpc) is 3.73. The van der Waals surface area contributed by atoms with E-state index in [2.05, 4.69) is 37.2 Å². The predicted molar refractivity (Wildman–Crippen MR) is 147 cm³/mol. The van der Waals surface area contributed by atoms with E-state index >= 15 is 0 Å². The van der Waals surface area contributed by atoms with E-state index in [0.29, 0.717) is 51.0 Å². The lowest BCUT2D eigenvalue weighted by Gasteiger charge is -2.41. The first-order valence-electron chi connectivity index (χ1n) is 13.5. The van der Waals surface area contributed by atoms with E-state index in [1.54, 1.807) is 29.5 Å². The number of hydrogen-bond acceptors (Lipinski definition) is 10. The van der Waals surface area contributed by atoms with Crippen LogP contribution in [0.2, 0.25) is 0 Å². The molecule has 2 aromatic heterocycles. The van der Waals surface area contributed by atoms with Gasteiger partial charge in [-0.05, 0) is 41.5 Å². The number of aromatic nitrogens is 4. The fourth-order valence-electron chi connectivity index (χ4n) is 5.32. The third-order valence-corrected chi connectivity index (χ3v) is 7.45. The van der Waals surface area contributed by atoms with E-state index in [1.807, 2.05) is 30.3 Å². The fourth-order valence-corrected chi connectivity index (χ4v) is 5.32. The second kappa shape index (κ2) is 11.1. The third kappa shape index (κ3) is 5.39. The summed E-state index contributed by atoms with van der Waals surface area (Å²) in [5, 5.41) is 3.14. The summed E-state index contributed by atoms with van der Waals surface area (Å²) in [5.74, 6) is 3.50.